The molecule has 0 atom stereocenters. The van der Waals surface area contributed by atoms with Gasteiger partial charge in [-0.15, -0.1) is 6.58 Å². The van der Waals surface area contributed by atoms with Gasteiger partial charge in [0.1, 0.15) is 5.82 Å². The third-order valence-corrected chi connectivity index (χ3v) is 2.61. The molecule has 1 aromatic rings. The molecule has 0 aromatic carbocycles. The standard InChI is InChI=1S/C12H21N3O/c1-5-7-15(8-6-2)12-11(9-16)10(3)13-14(12)4/h5,16H,1,6-9H2,2-4H3. The monoisotopic (exact) mass is 223 g/mol. The predicted molar refractivity (Wildman–Crippen MR) is 66.6 cm³/mol. The Bertz CT molecular complexity index is 357. The van der Waals surface area contributed by atoms with E-state index in [0.717, 1.165) is 36.6 Å². The number of aromatic nitrogens is 2. The van der Waals surface area contributed by atoms with Crippen LogP contribution in [0, 0.1) is 6.92 Å². The van der Waals surface area contributed by atoms with Crippen LogP contribution in [0.25, 0.3) is 0 Å². The van der Waals surface area contributed by atoms with Gasteiger partial charge in [0.15, 0.2) is 0 Å². The van der Waals surface area contributed by atoms with E-state index in [9.17, 15) is 5.11 Å². The van der Waals surface area contributed by atoms with E-state index in [0.29, 0.717) is 0 Å². The fourth-order valence-electron chi connectivity index (χ4n) is 1.98. The van der Waals surface area contributed by atoms with Crippen LogP contribution < -0.4 is 4.90 Å². The molecular formula is C12H21N3O. The van der Waals surface area contributed by atoms with E-state index in [4.69, 9.17) is 0 Å². The lowest BCUT2D eigenvalue weighted by Gasteiger charge is -2.23. The highest BCUT2D eigenvalue weighted by atomic mass is 16.3. The van der Waals surface area contributed by atoms with Crippen molar-refractivity contribution in [2.45, 2.75) is 26.9 Å². The number of hydrogen-bond donors (Lipinski definition) is 1. The van der Waals surface area contributed by atoms with Gasteiger partial charge in [0.05, 0.1) is 12.3 Å². The van der Waals surface area contributed by atoms with Crippen LogP contribution in [0.4, 0.5) is 5.82 Å². The van der Waals surface area contributed by atoms with Crippen LogP contribution in [-0.2, 0) is 13.7 Å². The molecule has 1 heterocycles. The predicted octanol–water partition coefficient (Wildman–Crippen LogP) is 1.62. The maximum Gasteiger partial charge on any atom is 0.132 e. The molecule has 1 rings (SSSR count). The van der Waals surface area contributed by atoms with Crippen LogP contribution in [0.1, 0.15) is 24.6 Å². The van der Waals surface area contributed by atoms with E-state index >= 15 is 0 Å². The van der Waals surface area contributed by atoms with Gasteiger partial charge in [0.2, 0.25) is 0 Å². The van der Waals surface area contributed by atoms with Gasteiger partial charge >= 0.3 is 0 Å². The summed E-state index contributed by atoms with van der Waals surface area (Å²) in [6, 6.07) is 0. The third kappa shape index (κ3) is 2.44. The molecule has 4 heteroatoms. The molecule has 4 nitrogen and oxygen atoms in total. The minimum atomic E-state index is 0.0341. The van der Waals surface area contributed by atoms with E-state index in [2.05, 4.69) is 23.5 Å². The topological polar surface area (TPSA) is 41.3 Å². The van der Waals surface area contributed by atoms with E-state index in [-0.39, 0.29) is 6.61 Å². The minimum absolute atomic E-state index is 0.0341. The molecule has 0 radical (unpaired) electrons. The van der Waals surface area contributed by atoms with Gasteiger partial charge in [-0.25, -0.2) is 0 Å². The first kappa shape index (κ1) is 12.8. The summed E-state index contributed by atoms with van der Waals surface area (Å²) in [4.78, 5) is 2.19. The summed E-state index contributed by atoms with van der Waals surface area (Å²) in [5.74, 6) is 1.00. The molecule has 0 amide bonds. The van der Waals surface area contributed by atoms with Crippen molar-refractivity contribution in [2.75, 3.05) is 18.0 Å². The average molecular weight is 223 g/mol. The molecule has 1 N–H and O–H groups in total. The molecule has 16 heavy (non-hydrogen) atoms. The fraction of sp³-hybridized carbons (Fsp3) is 0.583. The number of anilines is 1. The zero-order valence-electron chi connectivity index (χ0n) is 10.4. The number of aliphatic hydroxyl groups excluding tert-OH is 1. The summed E-state index contributed by atoms with van der Waals surface area (Å²) in [5.41, 5.74) is 1.81. The lowest BCUT2D eigenvalue weighted by Crippen LogP contribution is -2.27. The Balaban J connectivity index is 3.10. The maximum atomic E-state index is 9.39. The second-order valence-corrected chi connectivity index (χ2v) is 3.90. The Morgan fingerprint density at radius 3 is 2.75 bits per heavy atom. The van der Waals surface area contributed by atoms with Crippen molar-refractivity contribution in [3.63, 3.8) is 0 Å². The largest absolute Gasteiger partial charge is 0.391 e. The zero-order valence-corrected chi connectivity index (χ0v) is 10.4. The summed E-state index contributed by atoms with van der Waals surface area (Å²) in [6.07, 6.45) is 2.93. The van der Waals surface area contributed by atoms with E-state index in [1.807, 2.05) is 24.7 Å². The molecule has 0 aliphatic rings. The molecule has 0 saturated carbocycles. The Morgan fingerprint density at radius 2 is 2.25 bits per heavy atom. The van der Waals surface area contributed by atoms with Gasteiger partial charge in [-0.3, -0.25) is 4.68 Å². The van der Waals surface area contributed by atoms with Crippen LogP contribution >= 0.6 is 0 Å². The highest BCUT2D eigenvalue weighted by Gasteiger charge is 2.17. The highest BCUT2D eigenvalue weighted by Crippen LogP contribution is 2.23. The van der Waals surface area contributed by atoms with Crippen molar-refractivity contribution >= 4 is 5.82 Å². The van der Waals surface area contributed by atoms with Crippen molar-refractivity contribution in [1.82, 2.24) is 9.78 Å². The Hall–Kier alpha value is -1.29. The van der Waals surface area contributed by atoms with Gasteiger partial charge < -0.3 is 10.0 Å². The highest BCUT2D eigenvalue weighted by molar-refractivity contribution is 5.50. The summed E-state index contributed by atoms with van der Waals surface area (Å²) in [7, 11) is 1.91. The molecule has 1 aromatic heterocycles. The van der Waals surface area contributed by atoms with Crippen molar-refractivity contribution in [2.24, 2.45) is 7.05 Å². The Labute approximate surface area is 97.2 Å². The minimum Gasteiger partial charge on any atom is -0.391 e. The first-order valence-corrected chi connectivity index (χ1v) is 5.64. The SMILES string of the molecule is C=CCN(CCC)c1c(CO)c(C)nn1C. The molecule has 0 aliphatic carbocycles. The zero-order chi connectivity index (χ0) is 12.1. The Morgan fingerprint density at radius 1 is 1.56 bits per heavy atom. The van der Waals surface area contributed by atoms with Gasteiger partial charge in [0.25, 0.3) is 0 Å². The first-order chi connectivity index (χ1) is 7.65. The summed E-state index contributed by atoms with van der Waals surface area (Å²) in [5, 5.41) is 13.7. The summed E-state index contributed by atoms with van der Waals surface area (Å²) < 4.78 is 1.83. The molecule has 0 spiro atoms. The lowest BCUT2D eigenvalue weighted by molar-refractivity contribution is 0.281. The van der Waals surface area contributed by atoms with Crippen molar-refractivity contribution in [3.05, 3.63) is 23.9 Å². The summed E-state index contributed by atoms with van der Waals surface area (Å²) in [6.45, 7) is 9.58. The van der Waals surface area contributed by atoms with E-state index in [1.54, 1.807) is 0 Å². The first-order valence-electron chi connectivity index (χ1n) is 5.64. The molecule has 0 unspecified atom stereocenters. The van der Waals surface area contributed by atoms with Crippen molar-refractivity contribution in [1.29, 1.82) is 0 Å². The molecule has 0 fully saturated rings. The van der Waals surface area contributed by atoms with E-state index < -0.39 is 0 Å². The van der Waals surface area contributed by atoms with Gasteiger partial charge in [-0.2, -0.15) is 5.10 Å². The van der Waals surface area contributed by atoms with Crippen LogP contribution in [0.15, 0.2) is 12.7 Å². The molecular weight excluding hydrogens is 202 g/mol. The second kappa shape index (κ2) is 5.70. The number of rotatable bonds is 6. The Kier molecular flexibility index (Phi) is 4.55. The van der Waals surface area contributed by atoms with Gasteiger partial charge in [-0.05, 0) is 13.3 Å². The fourth-order valence-corrected chi connectivity index (χ4v) is 1.98. The normalized spacial score (nSPS) is 10.5. The molecule has 0 aliphatic heterocycles. The molecule has 0 saturated heterocycles. The van der Waals surface area contributed by atoms with Crippen LogP contribution in [0.2, 0.25) is 0 Å². The lowest BCUT2D eigenvalue weighted by atomic mass is 10.2. The second-order valence-electron chi connectivity index (χ2n) is 3.90. The van der Waals surface area contributed by atoms with Crippen LogP contribution in [0.5, 0.6) is 0 Å². The third-order valence-electron chi connectivity index (χ3n) is 2.61. The van der Waals surface area contributed by atoms with Gasteiger partial charge in [-0.1, -0.05) is 13.0 Å². The number of nitrogens with zero attached hydrogens (tertiary/aromatic N) is 3. The van der Waals surface area contributed by atoms with Crippen molar-refractivity contribution < 1.29 is 5.11 Å². The van der Waals surface area contributed by atoms with Crippen molar-refractivity contribution in [3.8, 4) is 0 Å². The molecule has 90 valence electrons. The smallest absolute Gasteiger partial charge is 0.132 e. The van der Waals surface area contributed by atoms with Crippen LogP contribution in [-0.4, -0.2) is 28.0 Å². The maximum absolute atomic E-state index is 9.39. The quantitative estimate of drug-likeness (QED) is 0.745. The molecule has 0 bridgehead atoms. The van der Waals surface area contributed by atoms with E-state index in [1.165, 1.54) is 0 Å². The van der Waals surface area contributed by atoms with Gasteiger partial charge in [0, 0.05) is 25.7 Å². The average Bonchev–Trinajstić information content (AvgIpc) is 2.52. The number of hydrogen-bond acceptors (Lipinski definition) is 3. The summed E-state index contributed by atoms with van der Waals surface area (Å²) >= 11 is 0. The van der Waals surface area contributed by atoms with Crippen LogP contribution in [0.3, 0.4) is 0 Å². The number of aryl methyl sites for hydroxylation is 2. The number of aliphatic hydroxyl groups is 1.